The molecule has 0 bridgehead atoms. The molecule has 1 aliphatic rings. The fourth-order valence-electron chi connectivity index (χ4n) is 2.37. The first-order valence-corrected chi connectivity index (χ1v) is 6.42. The molecule has 3 rings (SSSR count). The maximum atomic E-state index is 12.2. The van der Waals surface area contributed by atoms with Gasteiger partial charge in [0.2, 0.25) is 11.2 Å². The van der Waals surface area contributed by atoms with Crippen molar-refractivity contribution < 1.29 is 29.9 Å². The number of benzene rings is 1. The van der Waals surface area contributed by atoms with Crippen molar-refractivity contribution in [3.63, 3.8) is 0 Å². The Morgan fingerprint density at radius 1 is 1.00 bits per heavy atom. The first kappa shape index (κ1) is 13.9. The van der Waals surface area contributed by atoms with E-state index in [0.717, 1.165) is 12.1 Å². The van der Waals surface area contributed by atoms with Gasteiger partial charge in [-0.2, -0.15) is 0 Å². The molecule has 2 aromatic rings. The van der Waals surface area contributed by atoms with Gasteiger partial charge >= 0.3 is 0 Å². The van der Waals surface area contributed by atoms with E-state index in [4.69, 9.17) is 4.42 Å². The Balaban J connectivity index is 2.31. The van der Waals surface area contributed by atoms with Gasteiger partial charge in [0.25, 0.3) is 0 Å². The van der Waals surface area contributed by atoms with E-state index in [1.165, 1.54) is 6.08 Å². The molecule has 1 aliphatic carbocycles. The van der Waals surface area contributed by atoms with Crippen LogP contribution in [0.25, 0.3) is 16.5 Å². The van der Waals surface area contributed by atoms with Gasteiger partial charge in [-0.15, -0.1) is 0 Å². The third-order valence-electron chi connectivity index (χ3n) is 3.46. The first-order chi connectivity index (χ1) is 10.4. The van der Waals surface area contributed by atoms with Gasteiger partial charge < -0.3 is 29.9 Å². The summed E-state index contributed by atoms with van der Waals surface area (Å²) in [5, 5.41) is 47.9. The minimum Gasteiger partial charge on any atom is -0.508 e. The van der Waals surface area contributed by atoms with Crippen molar-refractivity contribution in [1.29, 1.82) is 0 Å². The molecule has 0 aliphatic heterocycles. The summed E-state index contributed by atoms with van der Waals surface area (Å²) in [5.41, 5.74) is -0.642. The van der Waals surface area contributed by atoms with E-state index >= 15 is 0 Å². The Morgan fingerprint density at radius 2 is 1.73 bits per heavy atom. The van der Waals surface area contributed by atoms with Gasteiger partial charge in [0.15, 0.2) is 11.5 Å². The Hall–Kier alpha value is -3.09. The molecule has 0 fully saturated rings. The average Bonchev–Trinajstić information content (AvgIpc) is 2.45. The Labute approximate surface area is 123 Å². The van der Waals surface area contributed by atoms with Crippen LogP contribution in [0.2, 0.25) is 0 Å². The lowest BCUT2D eigenvalue weighted by Gasteiger charge is -2.14. The number of aromatic hydroxyl groups is 3. The second-order valence-corrected chi connectivity index (χ2v) is 4.95. The lowest BCUT2D eigenvalue weighted by molar-refractivity contribution is 0.319. The van der Waals surface area contributed by atoms with E-state index in [1.807, 2.05) is 0 Å². The number of phenols is 2. The largest absolute Gasteiger partial charge is 0.508 e. The number of aliphatic hydroxyl groups is 2. The van der Waals surface area contributed by atoms with Crippen LogP contribution in [0, 0.1) is 0 Å². The van der Waals surface area contributed by atoms with E-state index in [1.54, 1.807) is 0 Å². The van der Waals surface area contributed by atoms with E-state index in [9.17, 15) is 30.3 Å². The molecule has 0 spiro atoms. The average molecular weight is 304 g/mol. The van der Waals surface area contributed by atoms with Gasteiger partial charge in [-0.1, -0.05) is 0 Å². The van der Waals surface area contributed by atoms with Crippen LogP contribution in [0.4, 0.5) is 0 Å². The fourth-order valence-corrected chi connectivity index (χ4v) is 2.37. The summed E-state index contributed by atoms with van der Waals surface area (Å²) in [7, 11) is 0. The van der Waals surface area contributed by atoms with Gasteiger partial charge in [-0.05, 0) is 12.5 Å². The maximum absolute atomic E-state index is 12.2. The van der Waals surface area contributed by atoms with E-state index in [2.05, 4.69) is 0 Å². The van der Waals surface area contributed by atoms with Crippen LogP contribution in [-0.2, 0) is 0 Å². The maximum Gasteiger partial charge on any atom is 0.238 e. The topological polar surface area (TPSA) is 131 Å². The van der Waals surface area contributed by atoms with Crippen LogP contribution in [0.1, 0.15) is 18.6 Å². The zero-order valence-corrected chi connectivity index (χ0v) is 11.2. The summed E-state index contributed by atoms with van der Waals surface area (Å²) in [5.74, 6) is -2.27. The zero-order chi connectivity index (χ0) is 16.0. The number of hydrogen-bond acceptors (Lipinski definition) is 7. The molecule has 7 heteroatoms. The zero-order valence-electron chi connectivity index (χ0n) is 11.2. The number of rotatable bonds is 1. The summed E-state index contributed by atoms with van der Waals surface area (Å²) in [6, 6.07) is 2.10. The number of allylic oxidation sites excluding steroid dienone is 3. The molecule has 0 radical (unpaired) electrons. The van der Waals surface area contributed by atoms with Crippen LogP contribution in [0.15, 0.2) is 38.9 Å². The standard InChI is InChI=1S/C15H12O7/c16-7-4-10(19)12-11(5-7)22-15(14(21)13(12)20)6-1-2-8(17)9(18)3-6/h3-5,16-19,21H,1-2H2. The highest BCUT2D eigenvalue weighted by molar-refractivity contribution is 5.87. The minimum atomic E-state index is -0.854. The molecule has 0 atom stereocenters. The van der Waals surface area contributed by atoms with Crippen LogP contribution >= 0.6 is 0 Å². The predicted octanol–water partition coefficient (Wildman–Crippen LogP) is 2.41. The molecule has 0 unspecified atom stereocenters. The van der Waals surface area contributed by atoms with Crippen molar-refractivity contribution in [3.8, 4) is 17.2 Å². The van der Waals surface area contributed by atoms with Gasteiger partial charge in [0.05, 0.1) is 0 Å². The molecule has 1 heterocycles. The van der Waals surface area contributed by atoms with E-state index in [-0.39, 0.29) is 46.8 Å². The molecule has 22 heavy (non-hydrogen) atoms. The molecule has 0 saturated heterocycles. The van der Waals surface area contributed by atoms with Crippen molar-refractivity contribution in [3.05, 3.63) is 45.7 Å². The quantitative estimate of drug-likeness (QED) is 0.546. The van der Waals surface area contributed by atoms with Crippen molar-refractivity contribution in [2.75, 3.05) is 0 Å². The molecule has 1 aromatic heterocycles. The molecule has 5 N–H and O–H groups in total. The predicted molar refractivity (Wildman–Crippen MR) is 77.0 cm³/mol. The summed E-state index contributed by atoms with van der Waals surface area (Å²) in [4.78, 5) is 12.2. The molecule has 1 aromatic carbocycles. The molecular weight excluding hydrogens is 292 g/mol. The molecule has 114 valence electrons. The highest BCUT2D eigenvalue weighted by atomic mass is 16.4. The van der Waals surface area contributed by atoms with Gasteiger partial charge in [0, 0.05) is 24.1 Å². The van der Waals surface area contributed by atoms with Crippen molar-refractivity contribution in [2.24, 2.45) is 0 Å². The summed E-state index contributed by atoms with van der Waals surface area (Å²) >= 11 is 0. The highest BCUT2D eigenvalue weighted by Crippen LogP contribution is 2.36. The second kappa shape index (κ2) is 4.73. The van der Waals surface area contributed by atoms with Crippen molar-refractivity contribution >= 4 is 16.5 Å². The SMILES string of the molecule is O=c1c(O)c(C2=CC(O)=C(O)CC2)oc2cc(O)cc(O)c12. The Morgan fingerprint density at radius 3 is 2.41 bits per heavy atom. The molecule has 7 nitrogen and oxygen atoms in total. The highest BCUT2D eigenvalue weighted by Gasteiger charge is 2.22. The van der Waals surface area contributed by atoms with Crippen molar-refractivity contribution in [1.82, 2.24) is 0 Å². The van der Waals surface area contributed by atoms with Crippen molar-refractivity contribution in [2.45, 2.75) is 12.8 Å². The van der Waals surface area contributed by atoms with Gasteiger partial charge in [-0.25, -0.2) is 0 Å². The van der Waals surface area contributed by atoms with Crippen LogP contribution < -0.4 is 5.43 Å². The summed E-state index contributed by atoms with van der Waals surface area (Å²) in [6.07, 6.45) is 1.55. The Kier molecular flexibility index (Phi) is 2.98. The Bertz CT molecular complexity index is 902. The second-order valence-electron chi connectivity index (χ2n) is 4.95. The number of fused-ring (bicyclic) bond motifs is 1. The molecule has 0 saturated carbocycles. The molecule has 0 amide bonds. The monoisotopic (exact) mass is 304 g/mol. The van der Waals surface area contributed by atoms with Gasteiger partial charge in [0.1, 0.15) is 28.2 Å². The summed E-state index contributed by atoms with van der Waals surface area (Å²) in [6.45, 7) is 0. The number of aliphatic hydroxyl groups excluding tert-OH is 2. The van der Waals surface area contributed by atoms with Crippen LogP contribution in [0.5, 0.6) is 17.2 Å². The minimum absolute atomic E-state index is 0.102. The smallest absolute Gasteiger partial charge is 0.238 e. The number of hydrogen-bond donors (Lipinski definition) is 5. The summed E-state index contributed by atoms with van der Waals surface area (Å²) < 4.78 is 5.40. The van der Waals surface area contributed by atoms with Crippen LogP contribution in [-0.4, -0.2) is 25.5 Å². The third kappa shape index (κ3) is 2.03. The fraction of sp³-hybridized carbons (Fsp3) is 0.133. The lowest BCUT2D eigenvalue weighted by Crippen LogP contribution is -2.06. The lowest BCUT2D eigenvalue weighted by atomic mass is 9.99. The van der Waals surface area contributed by atoms with Crippen LogP contribution in [0.3, 0.4) is 0 Å². The number of phenolic OH excluding ortho intramolecular Hbond substituents is 2. The first-order valence-electron chi connectivity index (χ1n) is 6.42. The normalized spacial score (nSPS) is 15.2. The van der Waals surface area contributed by atoms with E-state index in [0.29, 0.717) is 5.57 Å². The third-order valence-corrected chi connectivity index (χ3v) is 3.46. The van der Waals surface area contributed by atoms with Gasteiger partial charge in [-0.3, -0.25) is 4.79 Å². The molecular formula is C15H12O7. The van der Waals surface area contributed by atoms with E-state index < -0.39 is 16.9 Å².